The Bertz CT molecular complexity index is 728. The van der Waals surface area contributed by atoms with E-state index in [4.69, 9.17) is 0 Å². The first kappa shape index (κ1) is 16.0. The van der Waals surface area contributed by atoms with Crippen molar-refractivity contribution >= 4 is 31.6 Å². The maximum absolute atomic E-state index is 12.3. The molecule has 0 aliphatic carbocycles. The van der Waals surface area contributed by atoms with Crippen molar-refractivity contribution in [2.75, 3.05) is 11.8 Å². The summed E-state index contributed by atoms with van der Waals surface area (Å²) < 4.78 is 28.2. The van der Waals surface area contributed by atoms with Crippen LogP contribution in [-0.4, -0.2) is 15.5 Å². The number of hydrogen-bond acceptors (Lipinski definition) is 3. The predicted octanol–water partition coefficient (Wildman–Crippen LogP) is 3.28. The largest absolute Gasteiger partial charge is 0.316 e. The highest BCUT2D eigenvalue weighted by molar-refractivity contribution is 9.10. The summed E-state index contributed by atoms with van der Waals surface area (Å²) in [4.78, 5) is 0.253. The second kappa shape index (κ2) is 6.60. The maximum Gasteiger partial charge on any atom is 0.261 e. The van der Waals surface area contributed by atoms with E-state index in [1.165, 1.54) is 0 Å². The van der Waals surface area contributed by atoms with Gasteiger partial charge in [-0.1, -0.05) is 28.1 Å². The van der Waals surface area contributed by atoms with E-state index < -0.39 is 10.0 Å². The number of nitrogens with one attached hydrogen (secondary N) is 2. The number of benzene rings is 2. The zero-order valence-corrected chi connectivity index (χ0v) is 14.3. The van der Waals surface area contributed by atoms with Gasteiger partial charge < -0.3 is 5.32 Å². The van der Waals surface area contributed by atoms with Crippen LogP contribution in [0.2, 0.25) is 0 Å². The number of rotatable bonds is 5. The molecule has 0 aliphatic rings. The van der Waals surface area contributed by atoms with Crippen molar-refractivity contribution in [1.29, 1.82) is 0 Å². The van der Waals surface area contributed by atoms with Gasteiger partial charge in [-0.05, 0) is 55.4 Å². The van der Waals surface area contributed by atoms with Crippen molar-refractivity contribution in [2.45, 2.75) is 18.4 Å². The van der Waals surface area contributed by atoms with Crippen molar-refractivity contribution in [3.63, 3.8) is 0 Å². The standard InChI is InChI=1S/C15H17BrN2O2S/c1-11-9-13(5-8-15(11)16)18-21(19,20)14-6-3-12(4-7-14)10-17-2/h3-9,17-18H,10H2,1-2H3. The highest BCUT2D eigenvalue weighted by atomic mass is 79.9. The molecule has 0 atom stereocenters. The van der Waals surface area contributed by atoms with Crippen LogP contribution in [0.25, 0.3) is 0 Å². The lowest BCUT2D eigenvalue weighted by atomic mass is 10.2. The molecule has 0 heterocycles. The maximum atomic E-state index is 12.3. The van der Waals surface area contributed by atoms with Crippen LogP contribution >= 0.6 is 15.9 Å². The second-order valence-electron chi connectivity index (χ2n) is 4.74. The lowest BCUT2D eigenvalue weighted by Crippen LogP contribution is -2.13. The van der Waals surface area contributed by atoms with Gasteiger partial charge in [0.1, 0.15) is 0 Å². The molecular formula is C15H17BrN2O2S. The quantitative estimate of drug-likeness (QED) is 0.851. The third kappa shape index (κ3) is 4.06. The third-order valence-electron chi connectivity index (χ3n) is 3.02. The van der Waals surface area contributed by atoms with Crippen molar-refractivity contribution in [1.82, 2.24) is 5.32 Å². The van der Waals surface area contributed by atoms with E-state index in [2.05, 4.69) is 26.0 Å². The highest BCUT2D eigenvalue weighted by Gasteiger charge is 2.14. The van der Waals surface area contributed by atoms with E-state index in [0.29, 0.717) is 12.2 Å². The molecule has 21 heavy (non-hydrogen) atoms. The summed E-state index contributed by atoms with van der Waals surface area (Å²) in [6.45, 7) is 2.62. The van der Waals surface area contributed by atoms with E-state index >= 15 is 0 Å². The van der Waals surface area contributed by atoms with Crippen LogP contribution in [0.5, 0.6) is 0 Å². The fourth-order valence-electron chi connectivity index (χ4n) is 1.91. The molecule has 2 aromatic rings. The van der Waals surface area contributed by atoms with Crippen molar-refractivity contribution < 1.29 is 8.42 Å². The molecule has 0 amide bonds. The molecule has 0 aliphatic heterocycles. The Morgan fingerprint density at radius 2 is 1.76 bits per heavy atom. The number of aryl methyl sites for hydroxylation is 1. The topological polar surface area (TPSA) is 58.2 Å². The van der Waals surface area contributed by atoms with Gasteiger partial charge in [-0.3, -0.25) is 4.72 Å². The molecule has 2 rings (SSSR count). The highest BCUT2D eigenvalue weighted by Crippen LogP contribution is 2.22. The first-order valence-corrected chi connectivity index (χ1v) is 8.72. The smallest absolute Gasteiger partial charge is 0.261 e. The van der Waals surface area contributed by atoms with Gasteiger partial charge >= 0.3 is 0 Å². The van der Waals surface area contributed by atoms with Crippen molar-refractivity contribution in [3.05, 3.63) is 58.1 Å². The van der Waals surface area contributed by atoms with Gasteiger partial charge in [-0.25, -0.2) is 8.42 Å². The molecule has 0 saturated carbocycles. The minimum atomic E-state index is -3.56. The number of anilines is 1. The summed E-state index contributed by atoms with van der Waals surface area (Å²) in [5.41, 5.74) is 2.56. The van der Waals surface area contributed by atoms with Crippen LogP contribution in [0, 0.1) is 6.92 Å². The molecular weight excluding hydrogens is 352 g/mol. The summed E-state index contributed by atoms with van der Waals surface area (Å²) in [6, 6.07) is 12.2. The van der Waals surface area contributed by atoms with Crippen LogP contribution in [0.1, 0.15) is 11.1 Å². The van der Waals surface area contributed by atoms with E-state index in [-0.39, 0.29) is 4.90 Å². The Labute approximate surface area is 133 Å². The van der Waals surface area contributed by atoms with Gasteiger partial charge in [-0.2, -0.15) is 0 Å². The molecule has 0 bridgehead atoms. The SMILES string of the molecule is CNCc1ccc(S(=O)(=O)Nc2ccc(Br)c(C)c2)cc1. The van der Waals surface area contributed by atoms with Crippen molar-refractivity contribution in [2.24, 2.45) is 0 Å². The molecule has 0 aromatic heterocycles. The summed E-state index contributed by atoms with van der Waals surface area (Å²) >= 11 is 3.39. The molecule has 0 saturated heterocycles. The van der Waals surface area contributed by atoms with Gasteiger partial charge in [0, 0.05) is 16.7 Å². The number of halogens is 1. The van der Waals surface area contributed by atoms with Gasteiger partial charge in [0.2, 0.25) is 0 Å². The van der Waals surface area contributed by atoms with Crippen LogP contribution in [0.3, 0.4) is 0 Å². The lowest BCUT2D eigenvalue weighted by molar-refractivity contribution is 0.601. The molecule has 0 unspecified atom stereocenters. The van der Waals surface area contributed by atoms with Crippen molar-refractivity contribution in [3.8, 4) is 0 Å². The average Bonchev–Trinajstić information content (AvgIpc) is 2.44. The fourth-order valence-corrected chi connectivity index (χ4v) is 3.21. The summed E-state index contributed by atoms with van der Waals surface area (Å²) in [5.74, 6) is 0. The van der Waals surface area contributed by atoms with Gasteiger partial charge in [0.05, 0.1) is 4.90 Å². The molecule has 0 spiro atoms. The van der Waals surface area contributed by atoms with E-state index in [0.717, 1.165) is 15.6 Å². The molecule has 0 radical (unpaired) electrons. The van der Waals surface area contributed by atoms with E-state index in [9.17, 15) is 8.42 Å². The minimum absolute atomic E-state index is 0.253. The fraction of sp³-hybridized carbons (Fsp3) is 0.200. The van der Waals surface area contributed by atoms with Crippen LogP contribution < -0.4 is 10.0 Å². The van der Waals surface area contributed by atoms with Crippen LogP contribution in [0.15, 0.2) is 51.8 Å². The zero-order chi connectivity index (χ0) is 15.5. The Morgan fingerprint density at radius 1 is 1.10 bits per heavy atom. The third-order valence-corrected chi connectivity index (χ3v) is 5.31. The number of hydrogen-bond donors (Lipinski definition) is 2. The van der Waals surface area contributed by atoms with Gasteiger partial charge in [0.25, 0.3) is 10.0 Å². The van der Waals surface area contributed by atoms with E-state index in [1.807, 2.05) is 20.0 Å². The predicted molar refractivity (Wildman–Crippen MR) is 88.9 cm³/mol. The normalized spacial score (nSPS) is 11.4. The molecule has 0 fully saturated rings. The van der Waals surface area contributed by atoms with Gasteiger partial charge in [-0.15, -0.1) is 0 Å². The average molecular weight is 369 g/mol. The zero-order valence-electron chi connectivity index (χ0n) is 11.9. The summed E-state index contributed by atoms with van der Waals surface area (Å²) in [7, 11) is -1.71. The Hall–Kier alpha value is -1.37. The van der Waals surface area contributed by atoms with Crippen LogP contribution in [-0.2, 0) is 16.6 Å². The molecule has 112 valence electrons. The lowest BCUT2D eigenvalue weighted by Gasteiger charge is -2.10. The Morgan fingerprint density at radius 3 is 2.33 bits per heavy atom. The van der Waals surface area contributed by atoms with Crippen LogP contribution in [0.4, 0.5) is 5.69 Å². The second-order valence-corrected chi connectivity index (χ2v) is 7.28. The molecule has 2 aromatic carbocycles. The first-order valence-electron chi connectivity index (χ1n) is 6.45. The summed E-state index contributed by atoms with van der Waals surface area (Å²) in [6.07, 6.45) is 0. The minimum Gasteiger partial charge on any atom is -0.316 e. The van der Waals surface area contributed by atoms with E-state index in [1.54, 1.807) is 36.4 Å². The summed E-state index contributed by atoms with van der Waals surface area (Å²) in [5, 5.41) is 3.02. The first-order chi connectivity index (χ1) is 9.92. The Kier molecular flexibility index (Phi) is 5.03. The monoisotopic (exact) mass is 368 g/mol. The van der Waals surface area contributed by atoms with Gasteiger partial charge in [0.15, 0.2) is 0 Å². The Balaban J connectivity index is 2.23. The molecule has 4 nitrogen and oxygen atoms in total. The molecule has 6 heteroatoms. The number of sulfonamides is 1. The molecule has 2 N–H and O–H groups in total.